The molecule has 3 rings (SSSR count). The van der Waals surface area contributed by atoms with Crippen LogP contribution in [0.25, 0.3) is 0 Å². The van der Waals surface area contributed by atoms with Gasteiger partial charge in [-0.15, -0.1) is 0 Å². The second kappa shape index (κ2) is 5.74. The number of carbonyl (C=O) groups is 1. The van der Waals surface area contributed by atoms with Gasteiger partial charge in [-0.3, -0.25) is 4.79 Å². The fourth-order valence-electron chi connectivity index (χ4n) is 2.70. The smallest absolute Gasteiger partial charge is 0.226 e. The highest BCUT2D eigenvalue weighted by molar-refractivity contribution is 5.81. The highest BCUT2D eigenvalue weighted by atomic mass is 16.5. The van der Waals surface area contributed by atoms with Crippen molar-refractivity contribution in [2.24, 2.45) is 5.92 Å². The van der Waals surface area contributed by atoms with Crippen molar-refractivity contribution in [2.75, 3.05) is 19.8 Å². The second-order valence-corrected chi connectivity index (χ2v) is 5.56. The van der Waals surface area contributed by atoms with Crippen LogP contribution in [0.3, 0.4) is 0 Å². The molecule has 0 bridgehead atoms. The zero-order valence-electron chi connectivity index (χ0n) is 11.3. The molecule has 1 saturated carbocycles. The summed E-state index contributed by atoms with van der Waals surface area (Å²) in [6.07, 6.45) is 4.09. The summed E-state index contributed by atoms with van der Waals surface area (Å²) < 4.78 is 5.45. The average molecular weight is 259 g/mol. The zero-order valence-corrected chi connectivity index (χ0v) is 11.3. The summed E-state index contributed by atoms with van der Waals surface area (Å²) in [7, 11) is 0. The molecule has 0 spiro atoms. The summed E-state index contributed by atoms with van der Waals surface area (Å²) in [6.45, 7) is 2.34. The van der Waals surface area contributed by atoms with Crippen LogP contribution in [-0.2, 0) is 16.0 Å². The van der Waals surface area contributed by atoms with Crippen LogP contribution in [0.5, 0.6) is 0 Å². The molecule has 1 amide bonds. The molecular formula is C16H21NO2. The largest absolute Gasteiger partial charge is 0.379 e. The van der Waals surface area contributed by atoms with Gasteiger partial charge in [0.05, 0.1) is 12.6 Å². The van der Waals surface area contributed by atoms with E-state index in [-0.39, 0.29) is 0 Å². The van der Waals surface area contributed by atoms with Crippen LogP contribution in [0, 0.1) is 5.92 Å². The molecule has 0 aromatic heterocycles. The third kappa shape index (κ3) is 3.16. The Morgan fingerprint density at radius 1 is 1.21 bits per heavy atom. The van der Waals surface area contributed by atoms with Crippen LogP contribution < -0.4 is 0 Å². The summed E-state index contributed by atoms with van der Waals surface area (Å²) in [5.74, 6) is 0.655. The Balaban J connectivity index is 1.63. The Kier molecular flexibility index (Phi) is 3.83. The van der Waals surface area contributed by atoms with Crippen molar-refractivity contribution in [1.82, 2.24) is 4.90 Å². The third-order valence-electron chi connectivity index (χ3n) is 4.04. The van der Waals surface area contributed by atoms with E-state index in [4.69, 9.17) is 4.74 Å². The van der Waals surface area contributed by atoms with Crippen LogP contribution in [0.1, 0.15) is 24.8 Å². The molecule has 2 aliphatic rings. The fraction of sp³-hybridized carbons (Fsp3) is 0.562. The highest BCUT2D eigenvalue weighted by Crippen LogP contribution is 2.32. The number of hydrogen-bond acceptors (Lipinski definition) is 2. The summed E-state index contributed by atoms with van der Waals surface area (Å²) in [5.41, 5.74) is 1.30. The van der Waals surface area contributed by atoms with E-state index in [9.17, 15) is 4.79 Å². The van der Waals surface area contributed by atoms with Crippen molar-refractivity contribution < 1.29 is 9.53 Å². The molecule has 1 aromatic carbocycles. The van der Waals surface area contributed by atoms with Crippen LogP contribution >= 0.6 is 0 Å². The number of carbonyl (C=O) groups excluding carboxylic acids is 1. The SMILES string of the molecule is O=C(C1CC1)N(CCc1ccccc1)[C@H]1CCOC1. The van der Waals surface area contributed by atoms with E-state index in [0.717, 1.165) is 38.8 Å². The van der Waals surface area contributed by atoms with Crippen LogP contribution in [0.4, 0.5) is 0 Å². The number of ether oxygens (including phenoxy) is 1. The van der Waals surface area contributed by atoms with Crippen LogP contribution in [0.15, 0.2) is 30.3 Å². The van der Waals surface area contributed by atoms with Gasteiger partial charge in [0, 0.05) is 19.1 Å². The van der Waals surface area contributed by atoms with Crippen LogP contribution in [0.2, 0.25) is 0 Å². The summed E-state index contributed by atoms with van der Waals surface area (Å²) >= 11 is 0. The maximum Gasteiger partial charge on any atom is 0.226 e. The van der Waals surface area contributed by atoms with E-state index in [1.807, 2.05) is 6.07 Å². The predicted octanol–water partition coefficient (Wildman–Crippen LogP) is 2.26. The molecule has 0 radical (unpaired) electrons. The molecule has 1 aliphatic carbocycles. The van der Waals surface area contributed by atoms with E-state index in [1.165, 1.54) is 5.56 Å². The van der Waals surface area contributed by atoms with Gasteiger partial charge in [0.25, 0.3) is 0 Å². The van der Waals surface area contributed by atoms with E-state index >= 15 is 0 Å². The van der Waals surface area contributed by atoms with Crippen molar-refractivity contribution in [3.8, 4) is 0 Å². The lowest BCUT2D eigenvalue weighted by molar-refractivity contribution is -0.134. The predicted molar refractivity (Wildman–Crippen MR) is 73.8 cm³/mol. The molecule has 3 heteroatoms. The van der Waals surface area contributed by atoms with E-state index in [1.54, 1.807) is 0 Å². The normalized spacial score (nSPS) is 22.4. The lowest BCUT2D eigenvalue weighted by atomic mass is 10.1. The third-order valence-corrected chi connectivity index (χ3v) is 4.04. The standard InChI is InChI=1S/C16H21NO2/c18-16(14-6-7-14)17(15-9-11-19-12-15)10-8-13-4-2-1-3-5-13/h1-5,14-15H,6-12H2/t15-/m0/s1. The van der Waals surface area contributed by atoms with Gasteiger partial charge in [-0.1, -0.05) is 30.3 Å². The molecule has 1 saturated heterocycles. The van der Waals surface area contributed by atoms with Gasteiger partial charge in [0.15, 0.2) is 0 Å². The average Bonchev–Trinajstić information content (AvgIpc) is 3.17. The number of amides is 1. The van der Waals surface area contributed by atoms with Crippen molar-refractivity contribution in [2.45, 2.75) is 31.7 Å². The Morgan fingerprint density at radius 3 is 2.63 bits per heavy atom. The number of hydrogen-bond donors (Lipinski definition) is 0. The highest BCUT2D eigenvalue weighted by Gasteiger charge is 2.37. The van der Waals surface area contributed by atoms with Gasteiger partial charge in [-0.25, -0.2) is 0 Å². The van der Waals surface area contributed by atoms with Gasteiger partial charge in [-0.05, 0) is 31.2 Å². The molecule has 3 nitrogen and oxygen atoms in total. The van der Waals surface area contributed by atoms with Crippen molar-refractivity contribution in [3.63, 3.8) is 0 Å². The summed E-state index contributed by atoms with van der Waals surface area (Å²) in [5, 5.41) is 0. The fourth-order valence-corrected chi connectivity index (χ4v) is 2.70. The first-order chi connectivity index (χ1) is 9.34. The Bertz CT molecular complexity index is 422. The Hall–Kier alpha value is -1.35. The van der Waals surface area contributed by atoms with Crippen molar-refractivity contribution in [3.05, 3.63) is 35.9 Å². The number of nitrogens with zero attached hydrogens (tertiary/aromatic N) is 1. The van der Waals surface area contributed by atoms with Crippen molar-refractivity contribution >= 4 is 5.91 Å². The first kappa shape index (κ1) is 12.7. The maximum atomic E-state index is 12.4. The minimum absolute atomic E-state index is 0.302. The monoisotopic (exact) mass is 259 g/mol. The molecule has 1 aliphatic heterocycles. The first-order valence-electron chi connectivity index (χ1n) is 7.27. The minimum atomic E-state index is 0.302. The molecule has 1 heterocycles. The van der Waals surface area contributed by atoms with E-state index in [2.05, 4.69) is 29.2 Å². The molecule has 1 atom stereocenters. The Labute approximate surface area is 114 Å². The quantitative estimate of drug-likeness (QED) is 0.811. The van der Waals surface area contributed by atoms with Gasteiger partial charge < -0.3 is 9.64 Å². The summed E-state index contributed by atoms with van der Waals surface area (Å²) in [6, 6.07) is 10.7. The molecule has 102 valence electrons. The molecule has 0 N–H and O–H groups in total. The zero-order chi connectivity index (χ0) is 13.1. The van der Waals surface area contributed by atoms with Gasteiger partial charge >= 0.3 is 0 Å². The van der Waals surface area contributed by atoms with Gasteiger partial charge in [0.1, 0.15) is 0 Å². The molecular weight excluding hydrogens is 238 g/mol. The minimum Gasteiger partial charge on any atom is -0.379 e. The van der Waals surface area contributed by atoms with Crippen molar-refractivity contribution in [1.29, 1.82) is 0 Å². The Morgan fingerprint density at radius 2 is 2.00 bits per heavy atom. The lowest BCUT2D eigenvalue weighted by Crippen LogP contribution is -2.42. The molecule has 0 unspecified atom stereocenters. The first-order valence-corrected chi connectivity index (χ1v) is 7.27. The number of benzene rings is 1. The summed E-state index contributed by atoms with van der Waals surface area (Å²) in [4.78, 5) is 14.5. The molecule has 2 fully saturated rings. The molecule has 19 heavy (non-hydrogen) atoms. The van der Waals surface area contributed by atoms with Crippen LogP contribution in [-0.4, -0.2) is 36.6 Å². The topological polar surface area (TPSA) is 29.5 Å². The lowest BCUT2D eigenvalue weighted by Gasteiger charge is -2.28. The maximum absolute atomic E-state index is 12.4. The van der Waals surface area contributed by atoms with Gasteiger partial charge in [0.2, 0.25) is 5.91 Å². The molecule has 1 aromatic rings. The van der Waals surface area contributed by atoms with E-state index < -0.39 is 0 Å². The second-order valence-electron chi connectivity index (χ2n) is 5.56. The van der Waals surface area contributed by atoms with Gasteiger partial charge in [-0.2, -0.15) is 0 Å². The van der Waals surface area contributed by atoms with E-state index in [0.29, 0.717) is 24.5 Å². The number of rotatable bonds is 5.